The van der Waals surface area contributed by atoms with E-state index in [9.17, 15) is 0 Å². The molecular formula is C10H14N2. The summed E-state index contributed by atoms with van der Waals surface area (Å²) in [6.45, 7) is 3.64. The number of rotatable bonds is 4. The summed E-state index contributed by atoms with van der Waals surface area (Å²) in [5, 5.41) is 0. The lowest BCUT2D eigenvalue weighted by Gasteiger charge is -2.04. The largest absolute Gasteiger partial charge is 0.324 e. The number of pyridine rings is 1. The van der Waals surface area contributed by atoms with Crippen molar-refractivity contribution >= 4 is 0 Å². The van der Waals surface area contributed by atoms with Gasteiger partial charge in [0.2, 0.25) is 0 Å². The molecule has 0 aromatic carbocycles. The highest BCUT2D eigenvalue weighted by Gasteiger charge is 1.96. The van der Waals surface area contributed by atoms with Gasteiger partial charge in [-0.15, -0.1) is 6.58 Å². The first-order valence-corrected chi connectivity index (χ1v) is 4.10. The monoisotopic (exact) mass is 162 g/mol. The van der Waals surface area contributed by atoms with Crippen molar-refractivity contribution in [3.8, 4) is 0 Å². The van der Waals surface area contributed by atoms with Gasteiger partial charge in [-0.25, -0.2) is 0 Å². The average Bonchev–Trinajstić information content (AvgIpc) is 2.16. The van der Waals surface area contributed by atoms with Crippen LogP contribution in [0.25, 0.3) is 0 Å². The number of aromatic nitrogens is 1. The fourth-order valence-electron chi connectivity index (χ4n) is 1.00. The molecule has 0 radical (unpaired) electrons. The van der Waals surface area contributed by atoms with Crippen molar-refractivity contribution in [2.24, 2.45) is 5.73 Å². The van der Waals surface area contributed by atoms with Crippen molar-refractivity contribution in [2.75, 3.05) is 0 Å². The molecule has 12 heavy (non-hydrogen) atoms. The number of aryl methyl sites for hydroxylation is 1. The van der Waals surface area contributed by atoms with Crippen LogP contribution < -0.4 is 5.73 Å². The Labute approximate surface area is 73.1 Å². The Hall–Kier alpha value is -1.15. The number of hydrogen-bond donors (Lipinski definition) is 1. The van der Waals surface area contributed by atoms with Crippen LogP contribution >= 0.6 is 0 Å². The summed E-state index contributed by atoms with van der Waals surface area (Å²) in [6, 6.07) is 4.13. The Morgan fingerprint density at radius 1 is 1.50 bits per heavy atom. The van der Waals surface area contributed by atoms with Crippen LogP contribution in [-0.4, -0.2) is 11.0 Å². The van der Waals surface area contributed by atoms with E-state index < -0.39 is 0 Å². The first-order chi connectivity index (χ1) is 5.83. The minimum absolute atomic E-state index is 0.109. The zero-order chi connectivity index (χ0) is 8.81. The van der Waals surface area contributed by atoms with Gasteiger partial charge in [0.1, 0.15) is 0 Å². The molecule has 1 unspecified atom stereocenters. The molecule has 0 saturated heterocycles. The standard InChI is InChI=1S/C10H14N2/c1-2-10(11)4-3-9-5-7-12-8-6-9/h2,5-8,10H,1,3-4,11H2. The molecule has 64 valence electrons. The molecule has 1 aromatic rings. The Morgan fingerprint density at radius 2 is 2.17 bits per heavy atom. The normalized spacial score (nSPS) is 12.4. The maximum atomic E-state index is 5.69. The Morgan fingerprint density at radius 3 is 2.75 bits per heavy atom. The van der Waals surface area contributed by atoms with E-state index in [1.807, 2.05) is 12.1 Å². The van der Waals surface area contributed by atoms with Crippen LogP contribution in [0.1, 0.15) is 12.0 Å². The second kappa shape index (κ2) is 4.67. The fourth-order valence-corrected chi connectivity index (χ4v) is 1.00. The number of nitrogens with zero attached hydrogens (tertiary/aromatic N) is 1. The van der Waals surface area contributed by atoms with Crippen molar-refractivity contribution in [1.29, 1.82) is 0 Å². The minimum atomic E-state index is 0.109. The lowest BCUT2D eigenvalue weighted by Crippen LogP contribution is -2.16. The zero-order valence-corrected chi connectivity index (χ0v) is 7.11. The van der Waals surface area contributed by atoms with Gasteiger partial charge in [0.25, 0.3) is 0 Å². The zero-order valence-electron chi connectivity index (χ0n) is 7.11. The highest BCUT2D eigenvalue weighted by atomic mass is 14.6. The molecule has 1 heterocycles. The third kappa shape index (κ3) is 2.84. The van der Waals surface area contributed by atoms with E-state index in [1.54, 1.807) is 18.5 Å². The van der Waals surface area contributed by atoms with Crippen LogP contribution in [-0.2, 0) is 6.42 Å². The molecule has 0 amide bonds. The predicted octanol–water partition coefficient (Wildman–Crippen LogP) is 1.53. The lowest BCUT2D eigenvalue weighted by atomic mass is 10.1. The van der Waals surface area contributed by atoms with Crippen LogP contribution in [0, 0.1) is 0 Å². The van der Waals surface area contributed by atoms with Gasteiger partial charge in [0, 0.05) is 18.4 Å². The molecule has 1 rings (SSSR count). The maximum absolute atomic E-state index is 5.69. The van der Waals surface area contributed by atoms with Crippen LogP contribution in [0.5, 0.6) is 0 Å². The first kappa shape index (κ1) is 8.94. The van der Waals surface area contributed by atoms with Crippen molar-refractivity contribution in [3.63, 3.8) is 0 Å². The Kier molecular flexibility index (Phi) is 3.48. The maximum Gasteiger partial charge on any atom is 0.0270 e. The molecule has 2 nitrogen and oxygen atoms in total. The van der Waals surface area contributed by atoms with Crippen molar-refractivity contribution < 1.29 is 0 Å². The van der Waals surface area contributed by atoms with E-state index in [1.165, 1.54) is 5.56 Å². The lowest BCUT2D eigenvalue weighted by molar-refractivity contribution is 0.721. The first-order valence-electron chi connectivity index (χ1n) is 4.10. The van der Waals surface area contributed by atoms with Gasteiger partial charge >= 0.3 is 0 Å². The van der Waals surface area contributed by atoms with Crippen molar-refractivity contribution in [2.45, 2.75) is 18.9 Å². The fraction of sp³-hybridized carbons (Fsp3) is 0.300. The van der Waals surface area contributed by atoms with Crippen LogP contribution in [0.3, 0.4) is 0 Å². The summed E-state index contributed by atoms with van der Waals surface area (Å²) >= 11 is 0. The van der Waals surface area contributed by atoms with E-state index >= 15 is 0 Å². The second-order valence-electron chi connectivity index (χ2n) is 2.79. The van der Waals surface area contributed by atoms with Crippen molar-refractivity contribution in [1.82, 2.24) is 4.98 Å². The summed E-state index contributed by atoms with van der Waals surface area (Å²) < 4.78 is 0. The molecule has 2 N–H and O–H groups in total. The molecule has 0 aliphatic rings. The van der Waals surface area contributed by atoms with E-state index in [4.69, 9.17) is 5.73 Å². The highest BCUT2D eigenvalue weighted by molar-refractivity contribution is 5.10. The Bertz CT molecular complexity index is 231. The molecule has 0 aliphatic carbocycles. The van der Waals surface area contributed by atoms with Gasteiger partial charge in [-0.05, 0) is 30.5 Å². The van der Waals surface area contributed by atoms with Crippen LogP contribution in [0.15, 0.2) is 37.2 Å². The SMILES string of the molecule is C=CC(N)CCc1ccncc1. The quantitative estimate of drug-likeness (QED) is 0.682. The molecule has 2 heteroatoms. The summed E-state index contributed by atoms with van der Waals surface area (Å²) in [4.78, 5) is 3.94. The third-order valence-corrected chi connectivity index (χ3v) is 1.82. The van der Waals surface area contributed by atoms with E-state index in [0.717, 1.165) is 12.8 Å². The Balaban J connectivity index is 2.38. The van der Waals surface area contributed by atoms with Gasteiger partial charge in [-0.2, -0.15) is 0 Å². The molecule has 0 spiro atoms. The average molecular weight is 162 g/mol. The van der Waals surface area contributed by atoms with Crippen LogP contribution in [0.2, 0.25) is 0 Å². The summed E-state index contributed by atoms with van der Waals surface area (Å²) in [7, 11) is 0. The third-order valence-electron chi connectivity index (χ3n) is 1.82. The molecule has 1 aromatic heterocycles. The van der Waals surface area contributed by atoms with Crippen LogP contribution in [0.4, 0.5) is 0 Å². The van der Waals surface area contributed by atoms with E-state index in [0.29, 0.717) is 0 Å². The van der Waals surface area contributed by atoms with Gasteiger partial charge in [-0.3, -0.25) is 4.98 Å². The van der Waals surface area contributed by atoms with Crippen molar-refractivity contribution in [3.05, 3.63) is 42.7 Å². The van der Waals surface area contributed by atoms with E-state index in [-0.39, 0.29) is 6.04 Å². The van der Waals surface area contributed by atoms with E-state index in [2.05, 4.69) is 11.6 Å². The smallest absolute Gasteiger partial charge is 0.0270 e. The van der Waals surface area contributed by atoms with Gasteiger partial charge < -0.3 is 5.73 Å². The molecule has 0 fully saturated rings. The summed E-state index contributed by atoms with van der Waals surface area (Å²) in [5.74, 6) is 0. The molecule has 1 atom stereocenters. The number of nitrogens with two attached hydrogens (primary N) is 1. The second-order valence-corrected chi connectivity index (χ2v) is 2.79. The molecule has 0 aliphatic heterocycles. The predicted molar refractivity (Wildman–Crippen MR) is 50.7 cm³/mol. The molecular weight excluding hydrogens is 148 g/mol. The van der Waals surface area contributed by atoms with Gasteiger partial charge in [0.05, 0.1) is 0 Å². The minimum Gasteiger partial charge on any atom is -0.324 e. The number of hydrogen-bond acceptors (Lipinski definition) is 2. The summed E-state index contributed by atoms with van der Waals surface area (Å²) in [6.07, 6.45) is 7.33. The highest BCUT2D eigenvalue weighted by Crippen LogP contribution is 2.02. The van der Waals surface area contributed by atoms with Gasteiger partial charge in [-0.1, -0.05) is 6.08 Å². The summed E-state index contributed by atoms with van der Waals surface area (Å²) in [5.41, 5.74) is 6.97. The molecule has 0 saturated carbocycles. The topological polar surface area (TPSA) is 38.9 Å². The van der Waals surface area contributed by atoms with Gasteiger partial charge in [0.15, 0.2) is 0 Å². The molecule has 0 bridgehead atoms.